The van der Waals surface area contributed by atoms with Gasteiger partial charge in [0.15, 0.2) is 0 Å². The first kappa shape index (κ1) is 12.6. The Labute approximate surface area is 114 Å². The molecule has 3 rings (SSSR count). The van der Waals surface area contributed by atoms with Crippen LogP contribution in [0.2, 0.25) is 0 Å². The lowest BCUT2D eigenvalue weighted by molar-refractivity contribution is 0.215. The van der Waals surface area contributed by atoms with Crippen molar-refractivity contribution in [3.8, 4) is 6.07 Å². The largest absolute Gasteiger partial charge is 0.297 e. The first-order chi connectivity index (χ1) is 9.12. The van der Waals surface area contributed by atoms with Gasteiger partial charge in [0.1, 0.15) is 17.2 Å². The van der Waals surface area contributed by atoms with E-state index in [0.29, 0.717) is 12.1 Å². The first-order valence-electron chi connectivity index (χ1n) is 7.21. The number of nitriles is 1. The van der Waals surface area contributed by atoms with Crippen LogP contribution in [-0.4, -0.2) is 26.3 Å². The number of aromatic nitrogens is 3. The molecule has 0 aromatic carbocycles. The Morgan fingerprint density at radius 1 is 1.37 bits per heavy atom. The molecule has 0 spiro atoms. The molecule has 102 valence electrons. The van der Waals surface area contributed by atoms with Gasteiger partial charge < -0.3 is 0 Å². The Balaban J connectivity index is 1.80. The van der Waals surface area contributed by atoms with Crippen molar-refractivity contribution in [2.24, 2.45) is 0 Å². The van der Waals surface area contributed by atoms with Crippen LogP contribution in [0.5, 0.6) is 0 Å². The Hall–Kier alpha value is -1.41. The van der Waals surface area contributed by atoms with Gasteiger partial charge in [0, 0.05) is 12.5 Å². The zero-order valence-corrected chi connectivity index (χ0v) is 11.7. The second kappa shape index (κ2) is 4.61. The predicted octanol–water partition coefficient (Wildman–Crippen LogP) is 2.02. The molecular weight excluding hydrogens is 238 g/mol. The predicted molar refractivity (Wildman–Crippen MR) is 71.5 cm³/mol. The summed E-state index contributed by atoms with van der Waals surface area (Å²) in [6.07, 6.45) is 6.42. The summed E-state index contributed by atoms with van der Waals surface area (Å²) >= 11 is 0. The standard InChI is InChI=1S/C14H21N5/c1-10-16-11(2)19(18-10)13-4-3-7-14(8-13,9-15)17-12-5-6-12/h12-13,17H,3-8H2,1-2H3. The van der Waals surface area contributed by atoms with Gasteiger partial charge in [-0.25, -0.2) is 9.67 Å². The molecule has 1 N–H and O–H groups in total. The van der Waals surface area contributed by atoms with E-state index in [0.717, 1.165) is 37.3 Å². The highest BCUT2D eigenvalue weighted by molar-refractivity contribution is 5.13. The summed E-state index contributed by atoms with van der Waals surface area (Å²) < 4.78 is 2.02. The van der Waals surface area contributed by atoms with Crippen LogP contribution in [0, 0.1) is 25.2 Å². The van der Waals surface area contributed by atoms with Gasteiger partial charge in [-0.3, -0.25) is 5.32 Å². The fraction of sp³-hybridized carbons (Fsp3) is 0.786. The minimum atomic E-state index is -0.351. The third-order valence-electron chi connectivity index (χ3n) is 4.25. The summed E-state index contributed by atoms with van der Waals surface area (Å²) in [5.41, 5.74) is -0.351. The lowest BCUT2D eigenvalue weighted by Gasteiger charge is -2.36. The van der Waals surface area contributed by atoms with E-state index in [1.807, 2.05) is 18.5 Å². The number of hydrogen-bond acceptors (Lipinski definition) is 4. The molecule has 2 saturated carbocycles. The molecule has 1 heterocycles. The number of nitrogens with zero attached hydrogens (tertiary/aromatic N) is 4. The molecule has 0 amide bonds. The smallest absolute Gasteiger partial charge is 0.147 e. The Kier molecular flexibility index (Phi) is 3.06. The van der Waals surface area contributed by atoms with Crippen molar-refractivity contribution in [1.82, 2.24) is 20.1 Å². The highest BCUT2D eigenvalue weighted by Crippen LogP contribution is 2.37. The summed E-state index contributed by atoms with van der Waals surface area (Å²) in [4.78, 5) is 4.38. The molecule has 19 heavy (non-hydrogen) atoms. The highest BCUT2D eigenvalue weighted by atomic mass is 15.4. The van der Waals surface area contributed by atoms with Crippen molar-refractivity contribution in [1.29, 1.82) is 5.26 Å². The van der Waals surface area contributed by atoms with Gasteiger partial charge in [0.05, 0.1) is 12.1 Å². The lowest BCUT2D eigenvalue weighted by Crippen LogP contribution is -2.49. The highest BCUT2D eigenvalue weighted by Gasteiger charge is 2.41. The van der Waals surface area contributed by atoms with E-state index in [-0.39, 0.29) is 5.54 Å². The topological polar surface area (TPSA) is 66.5 Å². The van der Waals surface area contributed by atoms with Crippen LogP contribution in [-0.2, 0) is 0 Å². The molecule has 2 unspecified atom stereocenters. The van der Waals surface area contributed by atoms with E-state index in [1.165, 1.54) is 12.8 Å². The lowest BCUT2D eigenvalue weighted by atomic mass is 9.80. The van der Waals surface area contributed by atoms with Crippen molar-refractivity contribution < 1.29 is 0 Å². The van der Waals surface area contributed by atoms with E-state index in [2.05, 4.69) is 21.5 Å². The molecule has 5 nitrogen and oxygen atoms in total. The molecule has 0 aliphatic heterocycles. The van der Waals surface area contributed by atoms with Gasteiger partial charge in [0.2, 0.25) is 0 Å². The van der Waals surface area contributed by atoms with Gasteiger partial charge in [-0.05, 0) is 46.0 Å². The average Bonchev–Trinajstić information content (AvgIpc) is 3.13. The van der Waals surface area contributed by atoms with E-state index in [9.17, 15) is 5.26 Å². The number of hydrogen-bond donors (Lipinski definition) is 1. The third-order valence-corrected chi connectivity index (χ3v) is 4.25. The maximum absolute atomic E-state index is 9.60. The fourth-order valence-electron chi connectivity index (χ4n) is 3.22. The van der Waals surface area contributed by atoms with Crippen LogP contribution in [0.1, 0.15) is 56.2 Å². The average molecular weight is 259 g/mol. The van der Waals surface area contributed by atoms with Crippen molar-refractivity contribution >= 4 is 0 Å². The van der Waals surface area contributed by atoms with Gasteiger partial charge >= 0.3 is 0 Å². The van der Waals surface area contributed by atoms with Crippen molar-refractivity contribution in [2.45, 2.75) is 70.0 Å². The molecule has 2 aliphatic rings. The van der Waals surface area contributed by atoms with Crippen LogP contribution < -0.4 is 5.32 Å². The molecule has 2 atom stereocenters. The molecule has 0 radical (unpaired) electrons. The summed E-state index contributed by atoms with van der Waals surface area (Å²) in [7, 11) is 0. The second-order valence-electron chi connectivity index (χ2n) is 6.01. The van der Waals surface area contributed by atoms with E-state index in [4.69, 9.17) is 0 Å². The van der Waals surface area contributed by atoms with E-state index in [1.54, 1.807) is 0 Å². The first-order valence-corrected chi connectivity index (χ1v) is 7.21. The molecule has 1 aromatic rings. The summed E-state index contributed by atoms with van der Waals surface area (Å²) in [5.74, 6) is 1.78. The Morgan fingerprint density at radius 3 is 2.74 bits per heavy atom. The normalized spacial score (nSPS) is 31.1. The fourth-order valence-corrected chi connectivity index (χ4v) is 3.22. The molecular formula is C14H21N5. The zero-order valence-electron chi connectivity index (χ0n) is 11.7. The molecule has 2 fully saturated rings. The van der Waals surface area contributed by atoms with Gasteiger partial charge in [-0.1, -0.05) is 0 Å². The molecule has 1 aromatic heterocycles. The summed E-state index contributed by atoms with van der Waals surface area (Å²) in [6.45, 7) is 3.92. The summed E-state index contributed by atoms with van der Waals surface area (Å²) in [5, 5.41) is 17.7. The van der Waals surface area contributed by atoms with Crippen LogP contribution in [0.25, 0.3) is 0 Å². The molecule has 0 bridgehead atoms. The van der Waals surface area contributed by atoms with Crippen molar-refractivity contribution in [2.75, 3.05) is 0 Å². The monoisotopic (exact) mass is 259 g/mol. The third kappa shape index (κ3) is 2.50. The van der Waals surface area contributed by atoms with Crippen LogP contribution >= 0.6 is 0 Å². The quantitative estimate of drug-likeness (QED) is 0.902. The maximum atomic E-state index is 9.60. The minimum absolute atomic E-state index is 0.306. The van der Waals surface area contributed by atoms with Crippen molar-refractivity contribution in [3.05, 3.63) is 11.6 Å². The van der Waals surface area contributed by atoms with Crippen LogP contribution in [0.3, 0.4) is 0 Å². The SMILES string of the molecule is Cc1nc(C)n(C2CCCC(C#N)(NC3CC3)C2)n1. The molecule has 5 heteroatoms. The van der Waals surface area contributed by atoms with E-state index >= 15 is 0 Å². The number of aryl methyl sites for hydroxylation is 2. The zero-order chi connectivity index (χ0) is 13.5. The van der Waals surface area contributed by atoms with E-state index < -0.39 is 0 Å². The Bertz CT molecular complexity index is 510. The number of rotatable bonds is 3. The van der Waals surface area contributed by atoms with Gasteiger partial charge in [-0.15, -0.1) is 0 Å². The molecule has 0 saturated heterocycles. The maximum Gasteiger partial charge on any atom is 0.147 e. The number of nitrogens with one attached hydrogen (secondary N) is 1. The Morgan fingerprint density at radius 2 is 2.16 bits per heavy atom. The second-order valence-corrected chi connectivity index (χ2v) is 6.01. The van der Waals surface area contributed by atoms with Crippen LogP contribution in [0.4, 0.5) is 0 Å². The van der Waals surface area contributed by atoms with Gasteiger partial charge in [0.25, 0.3) is 0 Å². The summed E-state index contributed by atoms with van der Waals surface area (Å²) in [6, 6.07) is 3.42. The van der Waals surface area contributed by atoms with Crippen LogP contribution in [0.15, 0.2) is 0 Å². The molecule has 2 aliphatic carbocycles. The van der Waals surface area contributed by atoms with Gasteiger partial charge in [-0.2, -0.15) is 10.4 Å². The van der Waals surface area contributed by atoms with Crippen molar-refractivity contribution in [3.63, 3.8) is 0 Å². The minimum Gasteiger partial charge on any atom is -0.297 e.